The molecule has 1 aliphatic heterocycles. The van der Waals surface area contributed by atoms with Crippen LogP contribution >= 0.6 is 0 Å². The van der Waals surface area contributed by atoms with Crippen LogP contribution in [0.15, 0.2) is 0 Å². The van der Waals surface area contributed by atoms with E-state index in [1.54, 1.807) is 0 Å². The maximum absolute atomic E-state index is 11.4. The van der Waals surface area contributed by atoms with Crippen LogP contribution in [0.3, 0.4) is 0 Å². The van der Waals surface area contributed by atoms with Gasteiger partial charge in [0.2, 0.25) is 5.91 Å². The number of hydrogen-bond donors (Lipinski definition) is 7. The van der Waals surface area contributed by atoms with Crippen molar-refractivity contribution in [3.63, 3.8) is 0 Å². The van der Waals surface area contributed by atoms with Crippen molar-refractivity contribution in [1.82, 2.24) is 5.32 Å². The molecule has 0 aromatic rings. The molecule has 10 heteroatoms. The Morgan fingerprint density at radius 1 is 0.794 bits per heavy atom. The fourth-order valence-corrected chi connectivity index (χ4v) is 3.42. The normalized spacial score (nSPS) is 16.1. The Labute approximate surface area is 205 Å². The second-order valence-corrected chi connectivity index (χ2v) is 8.71. The van der Waals surface area contributed by atoms with E-state index < -0.39 is 11.9 Å². The summed E-state index contributed by atoms with van der Waals surface area (Å²) in [7, 11) is 0. The molecule has 1 rings (SSSR count). The van der Waals surface area contributed by atoms with Gasteiger partial charge in [-0.15, -0.1) is 0 Å². The summed E-state index contributed by atoms with van der Waals surface area (Å²) in [5.41, 5.74) is 22.1. The Morgan fingerprint density at radius 2 is 1.26 bits per heavy atom. The van der Waals surface area contributed by atoms with Crippen molar-refractivity contribution < 1.29 is 24.6 Å². The second kappa shape index (κ2) is 25.9. The molecule has 1 amide bonds. The van der Waals surface area contributed by atoms with Gasteiger partial charge in [0.25, 0.3) is 0 Å². The number of carboxylic acid groups (broad SMARTS) is 2. The van der Waals surface area contributed by atoms with Crippen LogP contribution in [-0.2, 0) is 14.4 Å². The summed E-state index contributed by atoms with van der Waals surface area (Å²) in [6, 6.07) is 0.299. The summed E-state index contributed by atoms with van der Waals surface area (Å²) in [5.74, 6) is -1.57. The minimum Gasteiger partial charge on any atom is -0.481 e. The van der Waals surface area contributed by atoms with Gasteiger partial charge in [0.15, 0.2) is 0 Å². The number of aliphatic carboxylic acids is 2. The number of nitrogens with two attached hydrogens (primary N) is 4. The van der Waals surface area contributed by atoms with Crippen LogP contribution in [0.5, 0.6) is 0 Å². The number of hydrogen-bond acceptors (Lipinski definition) is 7. The molecule has 10 nitrogen and oxygen atoms in total. The van der Waals surface area contributed by atoms with E-state index in [2.05, 4.69) is 5.32 Å². The number of nitrogens with one attached hydrogen (secondary N) is 1. The molecule has 1 heterocycles. The van der Waals surface area contributed by atoms with Gasteiger partial charge in [-0.1, -0.05) is 32.1 Å². The SMILES string of the molecule is NCCCCCC(N)C1CCCCC(=O)N1.NCCCCCCN.O=C(O)CCCCC(=O)O. The highest BCUT2D eigenvalue weighted by Gasteiger charge is 2.21. The number of rotatable bonds is 16. The van der Waals surface area contributed by atoms with Gasteiger partial charge in [0, 0.05) is 31.3 Å². The van der Waals surface area contributed by atoms with Gasteiger partial charge in [-0.05, 0) is 71.0 Å². The summed E-state index contributed by atoms with van der Waals surface area (Å²) < 4.78 is 0. The first kappa shape index (κ1) is 34.4. The smallest absolute Gasteiger partial charge is 0.303 e. The number of amides is 1. The van der Waals surface area contributed by atoms with Crippen LogP contribution in [-0.4, -0.2) is 59.8 Å². The van der Waals surface area contributed by atoms with Crippen molar-refractivity contribution in [3.05, 3.63) is 0 Å². The Bertz CT molecular complexity index is 486. The molecule has 0 spiro atoms. The number of carbonyl (C=O) groups excluding carboxylic acids is 1. The average Bonchev–Trinajstić information content (AvgIpc) is 3.02. The van der Waals surface area contributed by atoms with E-state index in [0.29, 0.717) is 19.3 Å². The monoisotopic (exact) mass is 489 g/mol. The van der Waals surface area contributed by atoms with Crippen molar-refractivity contribution in [2.24, 2.45) is 22.9 Å². The van der Waals surface area contributed by atoms with E-state index in [-0.39, 0.29) is 30.8 Å². The highest BCUT2D eigenvalue weighted by atomic mass is 16.4. The second-order valence-electron chi connectivity index (χ2n) is 8.71. The van der Waals surface area contributed by atoms with Crippen molar-refractivity contribution >= 4 is 17.8 Å². The quantitative estimate of drug-likeness (QED) is 0.158. The Kier molecular flexibility index (Phi) is 26.2. The molecule has 0 bridgehead atoms. The summed E-state index contributed by atoms with van der Waals surface area (Å²) in [6.07, 6.45) is 13.9. The Morgan fingerprint density at radius 3 is 1.71 bits per heavy atom. The standard InChI is InChI=1S/C12H25N3O.C6H16N2.C6H10O4/c13-9-5-1-2-6-10(14)11-7-3-4-8-12(16)15-11;7-5-3-1-2-4-6-8;7-5(8)3-1-2-4-6(9)10/h10-11H,1-9,13-14H2,(H,15,16);1-8H2;1-4H2,(H,7,8)(H,9,10). The lowest BCUT2D eigenvalue weighted by molar-refractivity contribution is -0.139. The van der Waals surface area contributed by atoms with E-state index in [0.717, 1.165) is 77.4 Å². The summed E-state index contributed by atoms with van der Waals surface area (Å²) in [5, 5.41) is 19.3. The zero-order valence-electron chi connectivity index (χ0n) is 21.0. The lowest BCUT2D eigenvalue weighted by atomic mass is 9.98. The fraction of sp³-hybridized carbons (Fsp3) is 0.875. The molecular formula is C24H51N5O5. The lowest BCUT2D eigenvalue weighted by Crippen LogP contribution is -2.46. The predicted molar refractivity (Wildman–Crippen MR) is 136 cm³/mol. The highest BCUT2D eigenvalue weighted by molar-refractivity contribution is 5.76. The van der Waals surface area contributed by atoms with Gasteiger partial charge in [-0.3, -0.25) is 14.4 Å². The molecule has 11 N–H and O–H groups in total. The van der Waals surface area contributed by atoms with Gasteiger partial charge in [0.05, 0.1) is 0 Å². The first-order chi connectivity index (χ1) is 16.3. The van der Waals surface area contributed by atoms with Crippen molar-refractivity contribution in [1.29, 1.82) is 0 Å². The van der Waals surface area contributed by atoms with E-state index in [1.165, 1.54) is 12.8 Å². The maximum Gasteiger partial charge on any atom is 0.303 e. The fourth-order valence-electron chi connectivity index (χ4n) is 3.42. The van der Waals surface area contributed by atoms with Crippen LogP contribution < -0.4 is 28.3 Å². The highest BCUT2D eigenvalue weighted by Crippen LogP contribution is 2.14. The van der Waals surface area contributed by atoms with Gasteiger partial charge in [-0.25, -0.2) is 0 Å². The molecule has 0 aromatic carbocycles. The summed E-state index contributed by atoms with van der Waals surface area (Å²) in [6.45, 7) is 2.41. The third kappa shape index (κ3) is 26.5. The molecule has 0 saturated carbocycles. The molecule has 0 aromatic heterocycles. The first-order valence-electron chi connectivity index (χ1n) is 12.9. The molecule has 2 unspecified atom stereocenters. The van der Waals surface area contributed by atoms with Crippen molar-refractivity contribution in [2.45, 2.75) is 115 Å². The van der Waals surface area contributed by atoms with Crippen molar-refractivity contribution in [2.75, 3.05) is 19.6 Å². The largest absolute Gasteiger partial charge is 0.481 e. The molecular weight excluding hydrogens is 438 g/mol. The van der Waals surface area contributed by atoms with Gasteiger partial charge >= 0.3 is 11.9 Å². The van der Waals surface area contributed by atoms with E-state index >= 15 is 0 Å². The van der Waals surface area contributed by atoms with Crippen LogP contribution in [0.1, 0.15) is 103 Å². The zero-order valence-corrected chi connectivity index (χ0v) is 21.0. The minimum atomic E-state index is -0.870. The van der Waals surface area contributed by atoms with Crippen LogP contribution in [0.2, 0.25) is 0 Å². The zero-order chi connectivity index (χ0) is 26.0. The van der Waals surface area contributed by atoms with Crippen LogP contribution in [0, 0.1) is 0 Å². The lowest BCUT2D eigenvalue weighted by Gasteiger charge is -2.23. The topological polar surface area (TPSA) is 208 Å². The molecule has 0 radical (unpaired) electrons. The molecule has 2 atom stereocenters. The van der Waals surface area contributed by atoms with Gasteiger partial charge < -0.3 is 38.5 Å². The number of unbranched alkanes of at least 4 members (excludes halogenated alkanes) is 6. The van der Waals surface area contributed by atoms with Crippen LogP contribution in [0.25, 0.3) is 0 Å². The third-order valence-electron chi connectivity index (χ3n) is 5.46. The number of carboxylic acids is 2. The third-order valence-corrected chi connectivity index (χ3v) is 5.46. The maximum atomic E-state index is 11.4. The molecule has 0 aliphatic carbocycles. The van der Waals surface area contributed by atoms with Crippen molar-refractivity contribution in [3.8, 4) is 0 Å². The average molecular weight is 490 g/mol. The van der Waals surface area contributed by atoms with Gasteiger partial charge in [-0.2, -0.15) is 0 Å². The predicted octanol–water partition coefficient (Wildman–Crippen LogP) is 2.07. The molecule has 1 aliphatic rings. The summed E-state index contributed by atoms with van der Waals surface area (Å²) in [4.78, 5) is 31.2. The molecule has 1 fully saturated rings. The van der Waals surface area contributed by atoms with Gasteiger partial charge in [0.1, 0.15) is 0 Å². The van der Waals surface area contributed by atoms with E-state index in [9.17, 15) is 14.4 Å². The van der Waals surface area contributed by atoms with Crippen LogP contribution in [0.4, 0.5) is 0 Å². The van der Waals surface area contributed by atoms with E-state index in [1.807, 2.05) is 0 Å². The Hall–Kier alpha value is -1.75. The Balaban J connectivity index is 0. The minimum absolute atomic E-state index is 0.0628. The number of carbonyl (C=O) groups is 3. The summed E-state index contributed by atoms with van der Waals surface area (Å²) >= 11 is 0. The molecule has 202 valence electrons. The molecule has 1 saturated heterocycles. The first-order valence-corrected chi connectivity index (χ1v) is 12.9. The molecule has 34 heavy (non-hydrogen) atoms. The van der Waals surface area contributed by atoms with E-state index in [4.69, 9.17) is 33.1 Å².